The monoisotopic (exact) mass is 227 g/mol. The maximum absolute atomic E-state index is 5.23. The molecule has 1 aliphatic carbocycles. The summed E-state index contributed by atoms with van der Waals surface area (Å²) in [5, 5.41) is 7.18. The number of H-pyrrole nitrogens is 1. The lowest BCUT2D eigenvalue weighted by molar-refractivity contribution is 0.150. The number of ether oxygens (including phenoxy) is 1. The summed E-state index contributed by atoms with van der Waals surface area (Å²) in [4.78, 5) is 0. The van der Waals surface area contributed by atoms with Gasteiger partial charge in [-0.15, -0.1) is 0 Å². The van der Waals surface area contributed by atoms with Crippen LogP contribution in [0.2, 0.25) is 0 Å². The molecule has 1 atom stereocenters. The van der Waals surface area contributed by atoms with Crippen LogP contribution in [0.1, 0.15) is 31.5 Å². The molecule has 1 fully saturated rings. The highest BCUT2D eigenvalue weighted by Crippen LogP contribution is 2.38. The highest BCUT2D eigenvalue weighted by molar-refractivity contribution is 7.71. The molecule has 5 heteroatoms. The number of hydrogen-bond donors (Lipinski definition) is 1. The van der Waals surface area contributed by atoms with E-state index >= 15 is 0 Å². The third kappa shape index (κ3) is 2.46. The molecular weight excluding hydrogens is 210 g/mol. The van der Waals surface area contributed by atoms with Gasteiger partial charge in [-0.3, -0.25) is 5.10 Å². The van der Waals surface area contributed by atoms with E-state index in [1.165, 1.54) is 12.8 Å². The standard InChI is InChI=1S/C10H17N3OS/c1-7(6-14-2)5-13-9(8-3-4-8)11-12-10(13)15/h7-8H,3-6H2,1-2H3,(H,12,15). The summed E-state index contributed by atoms with van der Waals surface area (Å²) in [6.07, 6.45) is 2.50. The Labute approximate surface area is 94.6 Å². The average Bonchev–Trinajstić information content (AvgIpc) is 2.96. The molecule has 0 aromatic carbocycles. The fourth-order valence-corrected chi connectivity index (χ4v) is 2.02. The molecule has 1 saturated carbocycles. The van der Waals surface area contributed by atoms with Crippen LogP contribution >= 0.6 is 12.2 Å². The van der Waals surface area contributed by atoms with Crippen LogP contribution in [0.4, 0.5) is 0 Å². The lowest BCUT2D eigenvalue weighted by Gasteiger charge is -2.12. The Balaban J connectivity index is 2.11. The van der Waals surface area contributed by atoms with Crippen molar-refractivity contribution in [3.8, 4) is 0 Å². The molecule has 1 aromatic rings. The number of hydrogen-bond acceptors (Lipinski definition) is 3. The van der Waals surface area contributed by atoms with E-state index in [4.69, 9.17) is 17.0 Å². The molecule has 1 aliphatic rings. The Morgan fingerprint density at radius 2 is 2.40 bits per heavy atom. The van der Waals surface area contributed by atoms with Crippen LogP contribution < -0.4 is 0 Å². The predicted molar refractivity (Wildman–Crippen MR) is 60.4 cm³/mol. The Morgan fingerprint density at radius 3 is 3.00 bits per heavy atom. The van der Waals surface area contributed by atoms with Crippen LogP contribution in [0.5, 0.6) is 0 Å². The van der Waals surface area contributed by atoms with Crippen LogP contribution in [0.15, 0.2) is 0 Å². The van der Waals surface area contributed by atoms with Crippen molar-refractivity contribution in [1.82, 2.24) is 14.8 Å². The minimum absolute atomic E-state index is 0.469. The summed E-state index contributed by atoms with van der Waals surface area (Å²) in [5.41, 5.74) is 0. The molecule has 84 valence electrons. The van der Waals surface area contributed by atoms with E-state index < -0.39 is 0 Å². The summed E-state index contributed by atoms with van der Waals surface area (Å²) in [7, 11) is 1.73. The van der Waals surface area contributed by atoms with Gasteiger partial charge in [0.15, 0.2) is 4.77 Å². The van der Waals surface area contributed by atoms with Gasteiger partial charge in [0.05, 0.1) is 6.61 Å². The highest BCUT2D eigenvalue weighted by atomic mass is 32.1. The van der Waals surface area contributed by atoms with Gasteiger partial charge in [0, 0.05) is 19.6 Å². The predicted octanol–water partition coefficient (Wildman–Crippen LogP) is 2.10. The van der Waals surface area contributed by atoms with Gasteiger partial charge in [-0.25, -0.2) is 0 Å². The van der Waals surface area contributed by atoms with Gasteiger partial charge < -0.3 is 9.30 Å². The van der Waals surface area contributed by atoms with Crippen LogP contribution in [0.3, 0.4) is 0 Å². The zero-order chi connectivity index (χ0) is 10.8. The molecule has 2 rings (SSSR count). The number of nitrogens with zero attached hydrogens (tertiary/aromatic N) is 2. The topological polar surface area (TPSA) is 42.8 Å². The molecule has 1 aromatic heterocycles. The third-order valence-corrected chi connectivity index (χ3v) is 2.99. The number of methoxy groups -OCH3 is 1. The molecular formula is C10H17N3OS. The van der Waals surface area contributed by atoms with E-state index in [-0.39, 0.29) is 0 Å². The molecule has 4 nitrogen and oxygen atoms in total. The number of aromatic nitrogens is 3. The van der Waals surface area contributed by atoms with Crippen molar-refractivity contribution >= 4 is 12.2 Å². The maximum Gasteiger partial charge on any atom is 0.195 e. The van der Waals surface area contributed by atoms with Crippen molar-refractivity contribution in [2.75, 3.05) is 13.7 Å². The molecule has 0 aliphatic heterocycles. The molecule has 0 bridgehead atoms. The first kappa shape index (κ1) is 10.8. The summed E-state index contributed by atoms with van der Waals surface area (Å²) in [5.74, 6) is 2.23. The molecule has 1 N–H and O–H groups in total. The van der Waals surface area contributed by atoms with Crippen molar-refractivity contribution in [2.45, 2.75) is 32.2 Å². The van der Waals surface area contributed by atoms with Gasteiger partial charge in [-0.05, 0) is 31.0 Å². The first-order valence-corrected chi connectivity index (χ1v) is 5.77. The Morgan fingerprint density at radius 1 is 1.67 bits per heavy atom. The third-order valence-electron chi connectivity index (χ3n) is 2.68. The van der Waals surface area contributed by atoms with Gasteiger partial charge in [0.25, 0.3) is 0 Å². The zero-order valence-corrected chi connectivity index (χ0v) is 10.0. The first-order valence-electron chi connectivity index (χ1n) is 5.36. The molecule has 0 spiro atoms. The second-order valence-corrected chi connectivity index (χ2v) is 4.72. The summed E-state index contributed by atoms with van der Waals surface area (Å²) >= 11 is 5.23. The first-order chi connectivity index (χ1) is 7.22. The van der Waals surface area contributed by atoms with Gasteiger partial charge in [0.1, 0.15) is 5.82 Å². The van der Waals surface area contributed by atoms with E-state index in [9.17, 15) is 0 Å². The van der Waals surface area contributed by atoms with Crippen LogP contribution in [0, 0.1) is 10.7 Å². The van der Waals surface area contributed by atoms with Crippen molar-refractivity contribution in [1.29, 1.82) is 0 Å². The smallest absolute Gasteiger partial charge is 0.195 e. The van der Waals surface area contributed by atoms with Crippen LogP contribution in [-0.2, 0) is 11.3 Å². The average molecular weight is 227 g/mol. The lowest BCUT2D eigenvalue weighted by Crippen LogP contribution is -2.14. The van der Waals surface area contributed by atoms with E-state index in [0.29, 0.717) is 11.8 Å². The largest absolute Gasteiger partial charge is 0.384 e. The quantitative estimate of drug-likeness (QED) is 0.783. The minimum Gasteiger partial charge on any atom is -0.384 e. The lowest BCUT2D eigenvalue weighted by atomic mass is 10.2. The Bertz CT molecular complexity index is 380. The highest BCUT2D eigenvalue weighted by Gasteiger charge is 2.29. The Hall–Kier alpha value is -0.680. The van der Waals surface area contributed by atoms with E-state index in [1.54, 1.807) is 7.11 Å². The zero-order valence-electron chi connectivity index (χ0n) is 9.19. The maximum atomic E-state index is 5.23. The summed E-state index contributed by atoms with van der Waals surface area (Å²) in [6, 6.07) is 0. The summed E-state index contributed by atoms with van der Waals surface area (Å²) < 4.78 is 7.99. The Kier molecular flexibility index (Phi) is 3.21. The van der Waals surface area contributed by atoms with E-state index in [2.05, 4.69) is 21.7 Å². The fraction of sp³-hybridized carbons (Fsp3) is 0.800. The molecule has 0 amide bonds. The second kappa shape index (κ2) is 4.45. The molecule has 1 unspecified atom stereocenters. The van der Waals surface area contributed by atoms with Gasteiger partial charge >= 0.3 is 0 Å². The number of nitrogens with one attached hydrogen (secondary N) is 1. The second-order valence-electron chi connectivity index (χ2n) is 4.33. The molecule has 0 saturated heterocycles. The van der Waals surface area contributed by atoms with Crippen LogP contribution in [-0.4, -0.2) is 28.5 Å². The van der Waals surface area contributed by atoms with Crippen LogP contribution in [0.25, 0.3) is 0 Å². The molecule has 0 radical (unpaired) electrons. The number of aromatic amines is 1. The molecule has 15 heavy (non-hydrogen) atoms. The minimum atomic E-state index is 0.469. The SMILES string of the molecule is COCC(C)Cn1c(C2CC2)n[nH]c1=S. The van der Waals surface area contributed by atoms with Crippen molar-refractivity contribution < 1.29 is 4.74 Å². The summed E-state index contributed by atoms with van der Waals surface area (Å²) in [6.45, 7) is 3.82. The van der Waals surface area contributed by atoms with Crippen molar-refractivity contribution in [3.63, 3.8) is 0 Å². The normalized spacial score (nSPS) is 18.0. The van der Waals surface area contributed by atoms with Crippen molar-refractivity contribution in [2.24, 2.45) is 5.92 Å². The number of rotatable bonds is 5. The molecule has 1 heterocycles. The van der Waals surface area contributed by atoms with Gasteiger partial charge in [-0.2, -0.15) is 5.10 Å². The van der Waals surface area contributed by atoms with Gasteiger partial charge in [-0.1, -0.05) is 6.92 Å². The van der Waals surface area contributed by atoms with Crippen molar-refractivity contribution in [3.05, 3.63) is 10.6 Å². The van der Waals surface area contributed by atoms with E-state index in [0.717, 1.165) is 23.7 Å². The van der Waals surface area contributed by atoms with Gasteiger partial charge in [0.2, 0.25) is 0 Å². The fourth-order valence-electron chi connectivity index (χ4n) is 1.81. The van der Waals surface area contributed by atoms with E-state index in [1.807, 2.05) is 0 Å².